The fourth-order valence-electron chi connectivity index (χ4n) is 2.18. The molecule has 0 bridgehead atoms. The number of hydrogen-bond donors (Lipinski definition) is 1. The van der Waals surface area contributed by atoms with Gasteiger partial charge in [0, 0.05) is 29.6 Å². The number of carbonyl (C=O) groups is 3. The van der Waals surface area contributed by atoms with Crippen LogP contribution in [0.5, 0.6) is 0 Å². The van der Waals surface area contributed by atoms with Crippen LogP contribution >= 0.6 is 0 Å². The van der Waals surface area contributed by atoms with Crippen molar-refractivity contribution in [1.29, 1.82) is 0 Å². The molecule has 0 saturated carbocycles. The highest BCUT2D eigenvalue weighted by molar-refractivity contribution is 6.24. The summed E-state index contributed by atoms with van der Waals surface area (Å²) >= 11 is 0. The number of nitrogens with one attached hydrogen (secondary N) is 1. The van der Waals surface area contributed by atoms with E-state index in [2.05, 4.69) is 10.4 Å². The van der Waals surface area contributed by atoms with Crippen LogP contribution in [0, 0.1) is 0 Å². The van der Waals surface area contributed by atoms with E-state index < -0.39 is 0 Å². The summed E-state index contributed by atoms with van der Waals surface area (Å²) in [6, 6.07) is 9.78. The molecular formula is C16H11N3O3. The molecule has 3 rings (SSSR count). The molecule has 1 aromatic carbocycles. The first-order valence-electron chi connectivity index (χ1n) is 6.51. The molecule has 0 aliphatic heterocycles. The lowest BCUT2D eigenvalue weighted by Gasteiger charge is -2.23. The summed E-state index contributed by atoms with van der Waals surface area (Å²) in [5.74, 6) is -0.616. The van der Waals surface area contributed by atoms with Crippen molar-refractivity contribution in [1.82, 2.24) is 10.4 Å². The van der Waals surface area contributed by atoms with Gasteiger partial charge in [0.25, 0.3) is 0 Å². The zero-order valence-electron chi connectivity index (χ0n) is 11.4. The van der Waals surface area contributed by atoms with E-state index in [1.54, 1.807) is 36.4 Å². The van der Waals surface area contributed by atoms with Crippen LogP contribution in [0.2, 0.25) is 0 Å². The molecule has 2 aromatic rings. The Kier molecular flexibility index (Phi) is 3.49. The van der Waals surface area contributed by atoms with Gasteiger partial charge in [0.05, 0.1) is 5.69 Å². The monoisotopic (exact) mass is 293 g/mol. The maximum atomic E-state index is 12.4. The molecule has 1 aliphatic rings. The average Bonchev–Trinajstić information content (AvgIpc) is 2.57. The third-order valence-electron chi connectivity index (χ3n) is 3.24. The van der Waals surface area contributed by atoms with Gasteiger partial charge in [-0.2, -0.15) is 0 Å². The number of hydrazine groups is 1. The van der Waals surface area contributed by atoms with E-state index in [4.69, 9.17) is 0 Å². The van der Waals surface area contributed by atoms with Crippen molar-refractivity contribution in [2.45, 2.75) is 0 Å². The van der Waals surface area contributed by atoms with Gasteiger partial charge < -0.3 is 0 Å². The number of aromatic nitrogens is 1. The van der Waals surface area contributed by atoms with Gasteiger partial charge >= 0.3 is 0 Å². The summed E-state index contributed by atoms with van der Waals surface area (Å²) in [7, 11) is 0. The van der Waals surface area contributed by atoms with Gasteiger partial charge in [0.15, 0.2) is 5.78 Å². The van der Waals surface area contributed by atoms with Crippen molar-refractivity contribution in [2.75, 3.05) is 5.01 Å². The van der Waals surface area contributed by atoms with E-state index in [-0.39, 0.29) is 17.3 Å². The summed E-state index contributed by atoms with van der Waals surface area (Å²) in [5.41, 5.74) is 3.90. The SMILES string of the molecule is O=CN(NC1=CC(=O)c2ccccc2C1=O)c1ccncc1. The summed E-state index contributed by atoms with van der Waals surface area (Å²) in [6.45, 7) is 0. The molecule has 0 atom stereocenters. The molecule has 6 nitrogen and oxygen atoms in total. The highest BCUT2D eigenvalue weighted by atomic mass is 16.2. The second-order valence-corrected chi connectivity index (χ2v) is 4.59. The topological polar surface area (TPSA) is 79.4 Å². The highest BCUT2D eigenvalue weighted by Gasteiger charge is 2.26. The van der Waals surface area contributed by atoms with Crippen molar-refractivity contribution >= 4 is 23.7 Å². The number of hydrogen-bond acceptors (Lipinski definition) is 5. The quantitative estimate of drug-likeness (QED) is 0.683. The molecule has 108 valence electrons. The molecule has 0 saturated heterocycles. The van der Waals surface area contributed by atoms with Gasteiger partial charge in [-0.3, -0.25) is 24.8 Å². The average molecular weight is 293 g/mol. The minimum atomic E-state index is -0.337. The van der Waals surface area contributed by atoms with Crippen molar-refractivity contribution in [3.05, 3.63) is 71.7 Å². The number of pyridine rings is 1. The Hall–Kier alpha value is -3.28. The lowest BCUT2D eigenvalue weighted by molar-refractivity contribution is -0.107. The normalized spacial score (nSPS) is 13.2. The van der Waals surface area contributed by atoms with E-state index in [1.165, 1.54) is 18.5 Å². The van der Waals surface area contributed by atoms with Crippen LogP contribution in [-0.4, -0.2) is 23.0 Å². The number of Topliss-reactive ketones (excluding diaryl/α,β-unsaturated/α-hetero) is 1. The van der Waals surface area contributed by atoms with Crippen molar-refractivity contribution in [3.63, 3.8) is 0 Å². The van der Waals surface area contributed by atoms with E-state index in [0.29, 0.717) is 23.2 Å². The predicted octanol–water partition coefficient (Wildman–Crippen LogP) is 1.51. The Morgan fingerprint density at radius 1 is 1.00 bits per heavy atom. The molecule has 0 fully saturated rings. The van der Waals surface area contributed by atoms with Crippen molar-refractivity contribution in [3.8, 4) is 0 Å². The molecule has 0 spiro atoms. The molecule has 1 aromatic heterocycles. The first kappa shape index (κ1) is 13.7. The lowest BCUT2D eigenvalue weighted by atomic mass is 9.93. The Morgan fingerprint density at radius 3 is 2.36 bits per heavy atom. The maximum absolute atomic E-state index is 12.4. The fourth-order valence-corrected chi connectivity index (χ4v) is 2.18. The molecule has 1 amide bonds. The molecule has 0 radical (unpaired) electrons. The Balaban J connectivity index is 1.91. The smallest absolute Gasteiger partial charge is 0.232 e. The third kappa shape index (κ3) is 2.37. The van der Waals surface area contributed by atoms with E-state index in [1.807, 2.05) is 0 Å². The first-order valence-corrected chi connectivity index (χ1v) is 6.51. The fraction of sp³-hybridized carbons (Fsp3) is 0. The number of rotatable bonds is 4. The Bertz CT molecular complexity index is 784. The van der Waals surface area contributed by atoms with Gasteiger partial charge in [-0.05, 0) is 12.1 Å². The molecule has 1 heterocycles. The van der Waals surface area contributed by atoms with Gasteiger partial charge in [-0.25, -0.2) is 5.01 Å². The summed E-state index contributed by atoms with van der Waals surface area (Å²) in [6.07, 6.45) is 4.76. The van der Waals surface area contributed by atoms with Gasteiger partial charge in [-0.1, -0.05) is 24.3 Å². The second kappa shape index (κ2) is 5.61. The number of carbonyl (C=O) groups excluding carboxylic acids is 3. The maximum Gasteiger partial charge on any atom is 0.232 e. The molecule has 22 heavy (non-hydrogen) atoms. The Labute approximate surface area is 126 Å². The largest absolute Gasteiger partial charge is 0.289 e. The third-order valence-corrected chi connectivity index (χ3v) is 3.24. The van der Waals surface area contributed by atoms with Crippen LogP contribution in [0.15, 0.2) is 60.6 Å². The van der Waals surface area contributed by atoms with Crippen LogP contribution < -0.4 is 10.4 Å². The van der Waals surface area contributed by atoms with Crippen LogP contribution in [0.1, 0.15) is 20.7 Å². The predicted molar refractivity (Wildman–Crippen MR) is 79.1 cm³/mol. The standard InChI is InChI=1S/C16H11N3O3/c20-10-19(11-5-7-17-8-6-11)18-14-9-15(21)12-3-1-2-4-13(12)16(14)22/h1-10,18H. The van der Waals surface area contributed by atoms with Crippen LogP contribution in [-0.2, 0) is 4.79 Å². The molecule has 1 aliphatic carbocycles. The Morgan fingerprint density at radius 2 is 1.68 bits per heavy atom. The summed E-state index contributed by atoms with van der Waals surface area (Å²) in [4.78, 5) is 39.6. The van der Waals surface area contributed by atoms with Crippen LogP contribution in [0.3, 0.4) is 0 Å². The van der Waals surface area contributed by atoms with E-state index >= 15 is 0 Å². The number of ketones is 2. The summed E-state index contributed by atoms with van der Waals surface area (Å²) in [5, 5.41) is 1.12. The van der Waals surface area contributed by atoms with Crippen LogP contribution in [0.4, 0.5) is 5.69 Å². The van der Waals surface area contributed by atoms with Crippen molar-refractivity contribution in [2.24, 2.45) is 0 Å². The van der Waals surface area contributed by atoms with Gasteiger partial charge in [-0.15, -0.1) is 0 Å². The first-order chi connectivity index (χ1) is 10.7. The second-order valence-electron chi connectivity index (χ2n) is 4.59. The zero-order chi connectivity index (χ0) is 15.5. The molecular weight excluding hydrogens is 282 g/mol. The van der Waals surface area contributed by atoms with Crippen LogP contribution in [0.25, 0.3) is 0 Å². The number of nitrogens with zero attached hydrogens (tertiary/aromatic N) is 2. The number of fused-ring (bicyclic) bond motifs is 1. The number of benzene rings is 1. The zero-order valence-corrected chi connectivity index (χ0v) is 11.4. The molecule has 0 unspecified atom stereocenters. The minimum absolute atomic E-state index is 0.0487. The number of allylic oxidation sites excluding steroid dienone is 2. The van der Waals surface area contributed by atoms with Crippen molar-refractivity contribution < 1.29 is 14.4 Å². The van der Waals surface area contributed by atoms with E-state index in [9.17, 15) is 14.4 Å². The number of amides is 1. The molecule has 1 N–H and O–H groups in total. The van der Waals surface area contributed by atoms with E-state index in [0.717, 1.165) is 5.01 Å². The summed E-state index contributed by atoms with van der Waals surface area (Å²) < 4.78 is 0. The number of anilines is 1. The highest BCUT2D eigenvalue weighted by Crippen LogP contribution is 2.20. The molecule has 6 heteroatoms. The lowest BCUT2D eigenvalue weighted by Crippen LogP contribution is -2.40. The van der Waals surface area contributed by atoms with Gasteiger partial charge in [0.1, 0.15) is 5.70 Å². The van der Waals surface area contributed by atoms with Gasteiger partial charge in [0.2, 0.25) is 12.2 Å². The minimum Gasteiger partial charge on any atom is -0.289 e.